The molecular formula is C11H6FNO. The van der Waals surface area contributed by atoms with Gasteiger partial charge in [-0.3, -0.25) is 4.79 Å². The van der Waals surface area contributed by atoms with E-state index in [1.54, 1.807) is 0 Å². The van der Waals surface area contributed by atoms with Gasteiger partial charge in [-0.25, -0.2) is 4.39 Å². The molecular weight excluding hydrogens is 181 g/mol. The molecule has 0 aromatic heterocycles. The van der Waals surface area contributed by atoms with Crippen LogP contribution in [0.25, 0.3) is 0 Å². The van der Waals surface area contributed by atoms with Crippen LogP contribution in [0.4, 0.5) is 4.39 Å². The van der Waals surface area contributed by atoms with E-state index >= 15 is 0 Å². The van der Waals surface area contributed by atoms with E-state index < -0.39 is 11.6 Å². The first-order valence-electron chi connectivity index (χ1n) is 3.85. The standard InChI is InChI=1S/C11H6FNO/c1-2-8-3-4-11(12)9(5-8)6-10(14)7-13/h1,3-5H,6H2. The first kappa shape index (κ1) is 9.95. The van der Waals surface area contributed by atoms with Crippen molar-refractivity contribution in [2.24, 2.45) is 0 Å². The van der Waals surface area contributed by atoms with Gasteiger partial charge in [-0.1, -0.05) is 5.92 Å². The quantitative estimate of drug-likeness (QED) is 0.519. The van der Waals surface area contributed by atoms with Crippen molar-refractivity contribution < 1.29 is 9.18 Å². The Bertz CT molecular complexity index is 451. The fourth-order valence-electron chi connectivity index (χ4n) is 1.01. The Kier molecular flexibility index (Phi) is 2.99. The summed E-state index contributed by atoms with van der Waals surface area (Å²) in [4.78, 5) is 10.8. The topological polar surface area (TPSA) is 40.9 Å². The van der Waals surface area contributed by atoms with Crippen molar-refractivity contribution >= 4 is 5.78 Å². The second-order valence-corrected chi connectivity index (χ2v) is 2.66. The van der Waals surface area contributed by atoms with Crippen LogP contribution in [0.3, 0.4) is 0 Å². The van der Waals surface area contributed by atoms with Crippen LogP contribution in [0.5, 0.6) is 0 Å². The summed E-state index contributed by atoms with van der Waals surface area (Å²) >= 11 is 0. The third-order valence-corrected chi connectivity index (χ3v) is 1.69. The van der Waals surface area contributed by atoms with Gasteiger partial charge in [0.1, 0.15) is 11.9 Å². The third-order valence-electron chi connectivity index (χ3n) is 1.69. The lowest BCUT2D eigenvalue weighted by Crippen LogP contribution is -2.01. The van der Waals surface area contributed by atoms with Crippen molar-refractivity contribution in [2.75, 3.05) is 0 Å². The minimum Gasteiger partial charge on any atom is -0.282 e. The molecule has 0 radical (unpaired) electrons. The number of nitriles is 1. The Morgan fingerprint density at radius 1 is 1.57 bits per heavy atom. The summed E-state index contributed by atoms with van der Waals surface area (Å²) in [7, 11) is 0. The number of terminal acetylenes is 1. The second-order valence-electron chi connectivity index (χ2n) is 2.66. The smallest absolute Gasteiger partial charge is 0.236 e. The molecule has 0 unspecified atom stereocenters. The van der Waals surface area contributed by atoms with Gasteiger partial charge < -0.3 is 0 Å². The van der Waals surface area contributed by atoms with E-state index in [9.17, 15) is 9.18 Å². The number of carbonyl (C=O) groups is 1. The molecule has 0 saturated carbocycles. The van der Waals surface area contributed by atoms with Gasteiger partial charge in [0, 0.05) is 12.0 Å². The molecule has 0 bridgehead atoms. The molecule has 1 aromatic carbocycles. The van der Waals surface area contributed by atoms with Crippen molar-refractivity contribution in [1.82, 2.24) is 0 Å². The van der Waals surface area contributed by atoms with Gasteiger partial charge in [0.05, 0.1) is 0 Å². The Morgan fingerprint density at radius 2 is 2.29 bits per heavy atom. The maximum atomic E-state index is 13.1. The number of carbonyl (C=O) groups excluding carboxylic acids is 1. The highest BCUT2D eigenvalue weighted by molar-refractivity contribution is 5.94. The summed E-state index contributed by atoms with van der Waals surface area (Å²) in [6.45, 7) is 0. The van der Waals surface area contributed by atoms with Crippen LogP contribution in [-0.4, -0.2) is 5.78 Å². The Labute approximate surface area is 81.0 Å². The normalized spacial score (nSPS) is 8.79. The molecule has 0 N–H and O–H groups in total. The molecule has 0 heterocycles. The zero-order valence-electron chi connectivity index (χ0n) is 7.25. The van der Waals surface area contributed by atoms with Crippen molar-refractivity contribution in [2.45, 2.75) is 6.42 Å². The summed E-state index contributed by atoms with van der Waals surface area (Å²) in [5.41, 5.74) is 0.652. The van der Waals surface area contributed by atoms with Gasteiger partial charge in [0.25, 0.3) is 0 Å². The fraction of sp³-hybridized carbons (Fsp3) is 0.0909. The van der Waals surface area contributed by atoms with Crippen LogP contribution in [0.15, 0.2) is 18.2 Å². The van der Waals surface area contributed by atoms with Gasteiger partial charge >= 0.3 is 0 Å². The maximum Gasteiger partial charge on any atom is 0.236 e. The molecule has 1 aromatic rings. The molecule has 2 nitrogen and oxygen atoms in total. The van der Waals surface area contributed by atoms with E-state index in [1.807, 2.05) is 0 Å². The Balaban J connectivity index is 3.03. The molecule has 0 aliphatic heterocycles. The highest BCUT2D eigenvalue weighted by Gasteiger charge is 2.07. The number of ketones is 1. The van der Waals surface area contributed by atoms with Crippen molar-refractivity contribution in [3.05, 3.63) is 35.1 Å². The Hall–Kier alpha value is -2.13. The van der Waals surface area contributed by atoms with Crippen LogP contribution in [0.1, 0.15) is 11.1 Å². The van der Waals surface area contributed by atoms with E-state index in [-0.39, 0.29) is 12.0 Å². The van der Waals surface area contributed by atoms with E-state index in [1.165, 1.54) is 24.3 Å². The average Bonchev–Trinajstić information content (AvgIpc) is 2.21. The monoisotopic (exact) mass is 187 g/mol. The number of benzene rings is 1. The SMILES string of the molecule is C#Cc1ccc(F)c(CC(=O)C#N)c1. The van der Waals surface area contributed by atoms with Crippen LogP contribution in [-0.2, 0) is 11.2 Å². The molecule has 0 aliphatic carbocycles. The van der Waals surface area contributed by atoms with Crippen LogP contribution >= 0.6 is 0 Å². The Morgan fingerprint density at radius 3 is 2.86 bits per heavy atom. The number of hydrogen-bond acceptors (Lipinski definition) is 2. The van der Waals surface area contributed by atoms with Crippen molar-refractivity contribution in [3.8, 4) is 18.4 Å². The van der Waals surface area contributed by atoms with Crippen LogP contribution in [0, 0.1) is 29.5 Å². The van der Waals surface area contributed by atoms with E-state index in [2.05, 4.69) is 5.92 Å². The molecule has 0 spiro atoms. The zero-order chi connectivity index (χ0) is 10.6. The number of halogens is 1. The first-order chi connectivity index (χ1) is 6.67. The van der Waals surface area contributed by atoms with E-state index in [0.29, 0.717) is 5.56 Å². The predicted molar refractivity (Wildman–Crippen MR) is 48.7 cm³/mol. The van der Waals surface area contributed by atoms with Gasteiger partial charge in [0.2, 0.25) is 5.78 Å². The number of rotatable bonds is 2. The molecule has 0 saturated heterocycles. The zero-order valence-corrected chi connectivity index (χ0v) is 7.25. The molecule has 68 valence electrons. The lowest BCUT2D eigenvalue weighted by Gasteiger charge is -1.99. The largest absolute Gasteiger partial charge is 0.282 e. The lowest BCUT2D eigenvalue weighted by molar-refractivity contribution is -0.113. The predicted octanol–water partition coefficient (Wildman–Crippen LogP) is 1.44. The van der Waals surface area contributed by atoms with Gasteiger partial charge in [-0.15, -0.1) is 6.42 Å². The molecule has 0 fully saturated rings. The summed E-state index contributed by atoms with van der Waals surface area (Å²) in [6.07, 6.45) is 4.87. The molecule has 0 aliphatic rings. The first-order valence-corrected chi connectivity index (χ1v) is 3.85. The third kappa shape index (κ3) is 2.18. The highest BCUT2D eigenvalue weighted by Crippen LogP contribution is 2.10. The molecule has 1 rings (SSSR count). The maximum absolute atomic E-state index is 13.1. The second kappa shape index (κ2) is 4.20. The summed E-state index contributed by atoms with van der Waals surface area (Å²) in [5, 5.41) is 8.25. The lowest BCUT2D eigenvalue weighted by atomic mass is 10.1. The minimum absolute atomic E-state index is 0.159. The van der Waals surface area contributed by atoms with E-state index in [4.69, 9.17) is 11.7 Å². The molecule has 3 heteroatoms. The van der Waals surface area contributed by atoms with Crippen molar-refractivity contribution in [3.63, 3.8) is 0 Å². The summed E-state index contributed by atoms with van der Waals surface area (Å²) < 4.78 is 13.1. The van der Waals surface area contributed by atoms with Gasteiger partial charge in [-0.05, 0) is 23.8 Å². The summed E-state index contributed by atoms with van der Waals surface area (Å²) in [5.74, 6) is 1.12. The number of nitrogens with zero attached hydrogens (tertiary/aromatic N) is 1. The average molecular weight is 187 g/mol. The van der Waals surface area contributed by atoms with Crippen molar-refractivity contribution in [1.29, 1.82) is 5.26 Å². The highest BCUT2D eigenvalue weighted by atomic mass is 19.1. The molecule has 0 amide bonds. The number of Topliss-reactive ketones (excluding diaryl/α,β-unsaturated/α-hetero) is 1. The van der Waals surface area contributed by atoms with Gasteiger partial charge in [-0.2, -0.15) is 5.26 Å². The summed E-state index contributed by atoms with van der Waals surface area (Å²) in [6, 6.07) is 5.44. The van der Waals surface area contributed by atoms with Gasteiger partial charge in [0.15, 0.2) is 0 Å². The van der Waals surface area contributed by atoms with E-state index in [0.717, 1.165) is 0 Å². The van der Waals surface area contributed by atoms with Crippen LogP contribution in [0.2, 0.25) is 0 Å². The molecule has 14 heavy (non-hydrogen) atoms. The number of hydrogen-bond donors (Lipinski definition) is 0. The van der Waals surface area contributed by atoms with Crippen LogP contribution < -0.4 is 0 Å². The molecule has 0 atom stereocenters. The minimum atomic E-state index is -0.682. The fourth-order valence-corrected chi connectivity index (χ4v) is 1.01.